The average molecular weight is 370 g/mol. The zero-order valence-electron chi connectivity index (χ0n) is 13.4. The van der Waals surface area contributed by atoms with Crippen LogP contribution in [0.2, 0.25) is 0 Å². The Morgan fingerprint density at radius 2 is 1.96 bits per heavy atom. The van der Waals surface area contributed by atoms with Gasteiger partial charge in [0.05, 0.1) is 11.4 Å². The number of carbonyl (C=O) groups excluding carboxylic acids is 1. The molecule has 0 aliphatic heterocycles. The van der Waals surface area contributed by atoms with Gasteiger partial charge in [-0.3, -0.25) is 4.79 Å². The number of halogens is 1. The third-order valence-corrected chi connectivity index (χ3v) is 5.97. The molecule has 2 aromatic rings. The van der Waals surface area contributed by atoms with Gasteiger partial charge < -0.3 is 5.32 Å². The second kappa shape index (κ2) is 7.87. The fourth-order valence-electron chi connectivity index (χ4n) is 2.21. The molecule has 24 heavy (non-hydrogen) atoms. The summed E-state index contributed by atoms with van der Waals surface area (Å²) in [5.74, 6) is -0.900. The summed E-state index contributed by atoms with van der Waals surface area (Å²) in [6.45, 7) is 1.57. The van der Waals surface area contributed by atoms with Crippen LogP contribution in [-0.2, 0) is 21.2 Å². The van der Waals surface area contributed by atoms with Crippen LogP contribution in [-0.4, -0.2) is 38.3 Å². The Morgan fingerprint density at radius 3 is 2.54 bits per heavy atom. The van der Waals surface area contributed by atoms with E-state index in [1.807, 2.05) is 23.8 Å². The second-order valence-electron chi connectivity index (χ2n) is 5.52. The van der Waals surface area contributed by atoms with Gasteiger partial charge in [-0.1, -0.05) is 0 Å². The smallest absolute Gasteiger partial charge is 0.243 e. The van der Waals surface area contributed by atoms with E-state index in [4.69, 9.17) is 0 Å². The van der Waals surface area contributed by atoms with Gasteiger partial charge in [-0.05, 0) is 60.0 Å². The predicted octanol–water partition coefficient (Wildman–Crippen LogP) is 2.26. The molecular weight excluding hydrogens is 351 g/mol. The highest BCUT2D eigenvalue weighted by Crippen LogP contribution is 2.14. The number of nitrogens with zero attached hydrogens (tertiary/aromatic N) is 1. The van der Waals surface area contributed by atoms with E-state index >= 15 is 0 Å². The summed E-state index contributed by atoms with van der Waals surface area (Å²) in [5.41, 5.74) is 1.13. The quantitative estimate of drug-likeness (QED) is 0.813. The summed E-state index contributed by atoms with van der Waals surface area (Å²) >= 11 is 1.59. The van der Waals surface area contributed by atoms with Gasteiger partial charge >= 0.3 is 0 Å². The van der Waals surface area contributed by atoms with E-state index in [1.165, 1.54) is 19.2 Å². The highest BCUT2D eigenvalue weighted by Gasteiger charge is 2.23. The molecule has 0 bridgehead atoms. The summed E-state index contributed by atoms with van der Waals surface area (Å²) in [6, 6.07) is 6.39. The zero-order valence-corrected chi connectivity index (χ0v) is 15.0. The van der Waals surface area contributed by atoms with E-state index in [-0.39, 0.29) is 23.4 Å². The monoisotopic (exact) mass is 370 g/mol. The first kappa shape index (κ1) is 18.6. The minimum absolute atomic E-state index is 0.0504. The molecule has 0 spiro atoms. The molecule has 0 saturated heterocycles. The Bertz CT molecular complexity index is 774. The van der Waals surface area contributed by atoms with Crippen LogP contribution in [0.3, 0.4) is 0 Å². The minimum atomic E-state index is -3.83. The first-order chi connectivity index (χ1) is 11.3. The summed E-state index contributed by atoms with van der Waals surface area (Å²) in [6.07, 6.45) is 0.684. The lowest BCUT2D eigenvalue weighted by Gasteiger charge is -2.19. The Morgan fingerprint density at radius 1 is 1.29 bits per heavy atom. The van der Waals surface area contributed by atoms with Gasteiger partial charge in [-0.15, -0.1) is 0 Å². The maximum atomic E-state index is 12.9. The highest BCUT2D eigenvalue weighted by molar-refractivity contribution is 7.89. The minimum Gasteiger partial charge on any atom is -0.352 e. The van der Waals surface area contributed by atoms with Crippen molar-refractivity contribution in [1.29, 1.82) is 0 Å². The molecule has 5 nitrogen and oxygen atoms in total. The van der Waals surface area contributed by atoms with Crippen LogP contribution in [0.5, 0.6) is 0 Å². The van der Waals surface area contributed by atoms with Gasteiger partial charge in [-0.25, -0.2) is 12.8 Å². The zero-order chi connectivity index (χ0) is 17.7. The second-order valence-corrected chi connectivity index (χ2v) is 8.34. The van der Waals surface area contributed by atoms with Crippen molar-refractivity contribution in [1.82, 2.24) is 9.62 Å². The van der Waals surface area contributed by atoms with Crippen LogP contribution in [0.1, 0.15) is 12.5 Å². The molecule has 2 rings (SSSR count). The predicted molar refractivity (Wildman–Crippen MR) is 91.8 cm³/mol. The summed E-state index contributed by atoms with van der Waals surface area (Å²) in [5, 5.41) is 6.75. The van der Waals surface area contributed by atoms with Gasteiger partial charge in [0.2, 0.25) is 15.9 Å². The molecule has 1 aromatic carbocycles. The number of thiophene rings is 1. The van der Waals surface area contributed by atoms with Crippen LogP contribution in [0.25, 0.3) is 0 Å². The first-order valence-electron chi connectivity index (χ1n) is 7.31. The molecule has 0 fully saturated rings. The van der Waals surface area contributed by atoms with Crippen LogP contribution in [0.4, 0.5) is 4.39 Å². The lowest BCUT2D eigenvalue weighted by atomic mass is 10.1. The van der Waals surface area contributed by atoms with Gasteiger partial charge in [-0.2, -0.15) is 15.6 Å². The van der Waals surface area contributed by atoms with Crippen LogP contribution in [0.15, 0.2) is 46.0 Å². The summed E-state index contributed by atoms with van der Waals surface area (Å²) in [7, 11) is -2.51. The van der Waals surface area contributed by atoms with E-state index in [1.54, 1.807) is 11.3 Å². The fraction of sp³-hybridized carbons (Fsp3) is 0.312. The van der Waals surface area contributed by atoms with Crippen molar-refractivity contribution >= 4 is 27.3 Å². The SMILES string of the molecule is CC(Cc1ccsc1)NC(=O)CN(C)S(=O)(=O)c1ccc(F)cc1. The number of sulfonamides is 1. The molecule has 130 valence electrons. The standard InChI is InChI=1S/C16H19FN2O3S2/c1-12(9-13-7-8-23-11-13)18-16(20)10-19(2)24(21,22)15-5-3-14(17)4-6-15/h3-8,11-12H,9-10H2,1-2H3,(H,18,20). The maximum absolute atomic E-state index is 12.9. The summed E-state index contributed by atoms with van der Waals surface area (Å²) < 4.78 is 38.6. The molecule has 1 atom stereocenters. The first-order valence-corrected chi connectivity index (χ1v) is 9.69. The molecule has 0 aliphatic carbocycles. The van der Waals surface area contributed by atoms with Gasteiger partial charge in [0.15, 0.2) is 0 Å². The van der Waals surface area contributed by atoms with Crippen LogP contribution < -0.4 is 5.32 Å². The van der Waals surface area contributed by atoms with Crippen LogP contribution >= 0.6 is 11.3 Å². The number of likely N-dealkylation sites (N-methyl/N-ethyl adjacent to an activating group) is 1. The Kier molecular flexibility index (Phi) is 6.09. The summed E-state index contributed by atoms with van der Waals surface area (Å²) in [4.78, 5) is 12.0. The molecule has 0 saturated carbocycles. The van der Waals surface area contributed by atoms with E-state index < -0.39 is 15.8 Å². The number of benzene rings is 1. The van der Waals surface area contributed by atoms with Crippen molar-refractivity contribution in [3.8, 4) is 0 Å². The van der Waals surface area contributed by atoms with E-state index in [2.05, 4.69) is 5.32 Å². The van der Waals surface area contributed by atoms with Gasteiger partial charge in [0.25, 0.3) is 0 Å². The van der Waals surface area contributed by atoms with Crippen LogP contribution in [0, 0.1) is 5.82 Å². The van der Waals surface area contributed by atoms with Crippen molar-refractivity contribution in [3.05, 3.63) is 52.5 Å². The van der Waals surface area contributed by atoms with Crippen molar-refractivity contribution in [2.45, 2.75) is 24.3 Å². The molecule has 1 N–H and O–H groups in total. The molecule has 1 amide bonds. The third-order valence-electron chi connectivity index (χ3n) is 3.42. The van der Waals surface area contributed by atoms with E-state index in [0.29, 0.717) is 6.42 Å². The highest BCUT2D eigenvalue weighted by atomic mass is 32.2. The fourth-order valence-corrected chi connectivity index (χ4v) is 4.02. The number of carbonyl (C=O) groups is 1. The molecule has 1 unspecified atom stereocenters. The van der Waals surface area contributed by atoms with E-state index in [0.717, 1.165) is 22.0 Å². The van der Waals surface area contributed by atoms with Crippen molar-refractivity contribution in [2.24, 2.45) is 0 Å². The number of hydrogen-bond acceptors (Lipinski definition) is 4. The lowest BCUT2D eigenvalue weighted by Crippen LogP contribution is -2.42. The topological polar surface area (TPSA) is 66.5 Å². The largest absolute Gasteiger partial charge is 0.352 e. The molecular formula is C16H19FN2O3S2. The number of nitrogens with one attached hydrogen (secondary N) is 1. The third kappa shape index (κ3) is 4.86. The normalized spacial score (nSPS) is 13.0. The van der Waals surface area contributed by atoms with Gasteiger partial charge in [0.1, 0.15) is 5.82 Å². The molecule has 8 heteroatoms. The number of rotatable bonds is 7. The Balaban J connectivity index is 1.93. The Labute approximate surface area is 145 Å². The van der Waals surface area contributed by atoms with Gasteiger partial charge in [0, 0.05) is 13.1 Å². The van der Waals surface area contributed by atoms with Crippen molar-refractivity contribution in [3.63, 3.8) is 0 Å². The maximum Gasteiger partial charge on any atom is 0.243 e. The number of amides is 1. The average Bonchev–Trinajstić information content (AvgIpc) is 3.00. The molecule has 0 aliphatic rings. The molecule has 0 radical (unpaired) electrons. The van der Waals surface area contributed by atoms with E-state index in [9.17, 15) is 17.6 Å². The Hall–Kier alpha value is -1.77. The van der Waals surface area contributed by atoms with Crippen molar-refractivity contribution in [2.75, 3.05) is 13.6 Å². The number of hydrogen-bond donors (Lipinski definition) is 1. The van der Waals surface area contributed by atoms with Crippen molar-refractivity contribution < 1.29 is 17.6 Å². The molecule has 1 aromatic heterocycles. The lowest BCUT2D eigenvalue weighted by molar-refractivity contribution is -0.121. The molecule has 1 heterocycles.